The van der Waals surface area contributed by atoms with Crippen molar-refractivity contribution in [1.82, 2.24) is 25.5 Å². The molecule has 3 rings (SSSR count). The van der Waals surface area contributed by atoms with E-state index in [1.165, 1.54) is 30.3 Å². The zero-order valence-corrected chi connectivity index (χ0v) is 13.7. The molecule has 1 unspecified atom stereocenters. The monoisotopic (exact) mass is 341 g/mol. The average Bonchev–Trinajstić information content (AvgIpc) is 3.16. The SMILES string of the molecule is COc1ccc(C(C)NC(=O)c2ccc(-n3cnnn3)cc2)cc1F. The number of tetrazole rings is 1. The van der Waals surface area contributed by atoms with E-state index >= 15 is 0 Å². The second kappa shape index (κ2) is 7.08. The van der Waals surface area contributed by atoms with E-state index in [-0.39, 0.29) is 17.7 Å². The third-order valence-electron chi connectivity index (χ3n) is 3.77. The Labute approximate surface area is 143 Å². The van der Waals surface area contributed by atoms with Crippen LogP contribution in [0, 0.1) is 5.82 Å². The quantitative estimate of drug-likeness (QED) is 0.770. The lowest BCUT2D eigenvalue weighted by Gasteiger charge is -2.15. The molecule has 1 N–H and O–H groups in total. The van der Waals surface area contributed by atoms with Gasteiger partial charge < -0.3 is 10.1 Å². The maximum atomic E-state index is 13.8. The number of ether oxygens (including phenoxy) is 1. The number of nitrogens with one attached hydrogen (secondary N) is 1. The molecule has 0 aliphatic rings. The molecule has 1 heterocycles. The maximum Gasteiger partial charge on any atom is 0.251 e. The van der Waals surface area contributed by atoms with Crippen LogP contribution in [-0.4, -0.2) is 33.2 Å². The number of halogens is 1. The van der Waals surface area contributed by atoms with E-state index in [4.69, 9.17) is 4.74 Å². The molecule has 0 aliphatic carbocycles. The van der Waals surface area contributed by atoms with Crippen molar-refractivity contribution in [3.05, 3.63) is 65.7 Å². The predicted octanol–water partition coefficient (Wildman–Crippen LogP) is 2.30. The number of benzene rings is 2. The van der Waals surface area contributed by atoms with Crippen LogP contribution in [0.25, 0.3) is 5.69 Å². The van der Waals surface area contributed by atoms with Crippen molar-refractivity contribution in [2.75, 3.05) is 7.11 Å². The summed E-state index contributed by atoms with van der Waals surface area (Å²) >= 11 is 0. The fourth-order valence-corrected chi connectivity index (χ4v) is 2.36. The number of rotatable bonds is 5. The summed E-state index contributed by atoms with van der Waals surface area (Å²) in [5, 5.41) is 13.7. The van der Waals surface area contributed by atoms with Crippen LogP contribution in [0.15, 0.2) is 48.8 Å². The molecule has 0 radical (unpaired) electrons. The molecule has 1 amide bonds. The molecule has 1 atom stereocenters. The number of carbonyl (C=O) groups is 1. The number of methoxy groups -OCH3 is 1. The van der Waals surface area contributed by atoms with Crippen LogP contribution < -0.4 is 10.1 Å². The van der Waals surface area contributed by atoms with E-state index in [0.717, 1.165) is 5.69 Å². The largest absolute Gasteiger partial charge is 0.494 e. The minimum atomic E-state index is -0.466. The van der Waals surface area contributed by atoms with Crippen molar-refractivity contribution >= 4 is 5.91 Å². The van der Waals surface area contributed by atoms with Crippen LogP contribution in [0.2, 0.25) is 0 Å². The Kier molecular flexibility index (Phi) is 4.69. The Morgan fingerprint density at radius 2 is 2.00 bits per heavy atom. The first-order valence-corrected chi connectivity index (χ1v) is 7.56. The lowest BCUT2D eigenvalue weighted by molar-refractivity contribution is 0.0940. The summed E-state index contributed by atoms with van der Waals surface area (Å²) in [5.41, 5.74) is 1.88. The van der Waals surface area contributed by atoms with Gasteiger partial charge in [0.15, 0.2) is 11.6 Å². The van der Waals surface area contributed by atoms with E-state index < -0.39 is 5.82 Å². The molecule has 2 aromatic carbocycles. The summed E-state index contributed by atoms with van der Waals surface area (Å²) in [5.74, 6) is -0.556. The van der Waals surface area contributed by atoms with Crippen LogP contribution in [0.4, 0.5) is 4.39 Å². The van der Waals surface area contributed by atoms with Crippen molar-refractivity contribution in [3.8, 4) is 11.4 Å². The number of hydrogen-bond acceptors (Lipinski definition) is 5. The summed E-state index contributed by atoms with van der Waals surface area (Å²) < 4.78 is 20.2. The highest BCUT2D eigenvalue weighted by atomic mass is 19.1. The van der Waals surface area contributed by atoms with Crippen molar-refractivity contribution in [3.63, 3.8) is 0 Å². The molecule has 0 aliphatic heterocycles. The number of carbonyl (C=O) groups excluding carboxylic acids is 1. The number of nitrogens with zero attached hydrogens (tertiary/aromatic N) is 4. The van der Waals surface area contributed by atoms with Gasteiger partial charge in [0.2, 0.25) is 0 Å². The topological polar surface area (TPSA) is 81.9 Å². The van der Waals surface area contributed by atoms with Crippen LogP contribution in [0.5, 0.6) is 5.75 Å². The molecule has 3 aromatic rings. The Balaban J connectivity index is 1.70. The molecule has 0 fully saturated rings. The van der Waals surface area contributed by atoms with E-state index in [1.807, 2.05) is 0 Å². The highest BCUT2D eigenvalue weighted by Crippen LogP contribution is 2.22. The van der Waals surface area contributed by atoms with Crippen molar-refractivity contribution in [1.29, 1.82) is 0 Å². The van der Waals surface area contributed by atoms with Crippen LogP contribution >= 0.6 is 0 Å². The van der Waals surface area contributed by atoms with Gasteiger partial charge in [-0.3, -0.25) is 4.79 Å². The predicted molar refractivity (Wildman–Crippen MR) is 88.0 cm³/mol. The van der Waals surface area contributed by atoms with Gasteiger partial charge in [0, 0.05) is 5.56 Å². The third kappa shape index (κ3) is 3.63. The molecular weight excluding hydrogens is 325 g/mol. The van der Waals surface area contributed by atoms with Gasteiger partial charge in [-0.25, -0.2) is 9.07 Å². The molecule has 0 bridgehead atoms. The summed E-state index contributed by atoms with van der Waals surface area (Å²) in [6, 6.07) is 11.1. The first-order valence-electron chi connectivity index (χ1n) is 7.56. The van der Waals surface area contributed by atoms with Crippen LogP contribution in [0.1, 0.15) is 28.9 Å². The van der Waals surface area contributed by atoms with Crippen molar-refractivity contribution in [2.45, 2.75) is 13.0 Å². The van der Waals surface area contributed by atoms with Crippen molar-refractivity contribution < 1.29 is 13.9 Å². The zero-order valence-electron chi connectivity index (χ0n) is 13.7. The summed E-state index contributed by atoms with van der Waals surface area (Å²) in [6.07, 6.45) is 1.47. The normalized spacial score (nSPS) is 11.8. The zero-order chi connectivity index (χ0) is 17.8. The molecular formula is C17H16FN5O2. The lowest BCUT2D eigenvalue weighted by atomic mass is 10.1. The highest BCUT2D eigenvalue weighted by molar-refractivity contribution is 5.94. The first kappa shape index (κ1) is 16.6. The van der Waals surface area contributed by atoms with Gasteiger partial charge in [-0.05, 0) is 59.3 Å². The van der Waals surface area contributed by atoms with Crippen molar-refractivity contribution in [2.24, 2.45) is 0 Å². The maximum absolute atomic E-state index is 13.8. The summed E-state index contributed by atoms with van der Waals surface area (Å²) in [4.78, 5) is 12.4. The molecule has 128 valence electrons. The average molecular weight is 341 g/mol. The number of amides is 1. The molecule has 0 saturated heterocycles. The molecule has 25 heavy (non-hydrogen) atoms. The fourth-order valence-electron chi connectivity index (χ4n) is 2.36. The van der Waals surface area contributed by atoms with Gasteiger partial charge in [-0.15, -0.1) is 5.10 Å². The Bertz CT molecular complexity index is 865. The molecule has 0 saturated carbocycles. The van der Waals surface area contributed by atoms with E-state index in [9.17, 15) is 9.18 Å². The van der Waals surface area contributed by atoms with Gasteiger partial charge in [-0.2, -0.15) is 0 Å². The lowest BCUT2D eigenvalue weighted by Crippen LogP contribution is -2.26. The van der Waals surface area contributed by atoms with Crippen LogP contribution in [0.3, 0.4) is 0 Å². The summed E-state index contributed by atoms with van der Waals surface area (Å²) in [7, 11) is 1.41. The van der Waals surface area contributed by atoms with Gasteiger partial charge in [0.05, 0.1) is 18.8 Å². The molecule has 1 aromatic heterocycles. The second-order valence-corrected chi connectivity index (χ2v) is 5.39. The second-order valence-electron chi connectivity index (χ2n) is 5.39. The summed E-state index contributed by atoms with van der Waals surface area (Å²) in [6.45, 7) is 1.79. The minimum absolute atomic E-state index is 0.167. The fraction of sp³-hybridized carbons (Fsp3) is 0.176. The van der Waals surface area contributed by atoms with E-state index in [2.05, 4.69) is 20.8 Å². The highest BCUT2D eigenvalue weighted by Gasteiger charge is 2.14. The van der Waals surface area contributed by atoms with Gasteiger partial charge in [0.25, 0.3) is 5.91 Å². The van der Waals surface area contributed by atoms with E-state index in [0.29, 0.717) is 11.1 Å². The standard InChI is InChI=1S/C17H16FN5O2/c1-11(13-5-8-16(25-2)15(18)9-13)20-17(24)12-3-6-14(7-4-12)23-10-19-21-22-23/h3-11H,1-2H3,(H,20,24). The Hall–Kier alpha value is -3.29. The van der Waals surface area contributed by atoms with Gasteiger partial charge in [0.1, 0.15) is 6.33 Å². The first-order chi connectivity index (χ1) is 12.1. The Morgan fingerprint density at radius 1 is 1.24 bits per heavy atom. The van der Waals surface area contributed by atoms with Crippen LogP contribution in [-0.2, 0) is 0 Å². The Morgan fingerprint density at radius 3 is 2.60 bits per heavy atom. The smallest absolute Gasteiger partial charge is 0.251 e. The van der Waals surface area contributed by atoms with E-state index in [1.54, 1.807) is 37.3 Å². The number of aromatic nitrogens is 4. The molecule has 0 spiro atoms. The van der Waals surface area contributed by atoms with Gasteiger partial charge in [-0.1, -0.05) is 6.07 Å². The molecule has 8 heteroatoms. The number of hydrogen-bond donors (Lipinski definition) is 1. The minimum Gasteiger partial charge on any atom is -0.494 e. The molecule has 7 nitrogen and oxygen atoms in total. The third-order valence-corrected chi connectivity index (χ3v) is 3.77. The van der Waals surface area contributed by atoms with Gasteiger partial charge >= 0.3 is 0 Å².